The minimum Gasteiger partial charge on any atom is -0.341 e. The maximum Gasteiger partial charge on any atom is 0.225 e. The van der Waals surface area contributed by atoms with Crippen LogP contribution in [0.25, 0.3) is 0 Å². The molecule has 0 aromatic heterocycles. The number of amides is 1. The molecule has 0 aromatic rings. The molecule has 2 fully saturated rings. The minimum atomic E-state index is 0.263. The first kappa shape index (κ1) is 12.9. The van der Waals surface area contributed by atoms with Crippen molar-refractivity contribution in [3.05, 3.63) is 0 Å². The largest absolute Gasteiger partial charge is 0.341 e. The Morgan fingerprint density at radius 2 is 1.71 bits per heavy atom. The second-order valence-electron chi connectivity index (χ2n) is 6.01. The first-order valence-electron chi connectivity index (χ1n) is 7.07. The number of nitrogens with zero attached hydrogens (tertiary/aromatic N) is 2. The molecular weight excluding hydrogens is 212 g/mol. The maximum atomic E-state index is 12.2. The number of likely N-dealkylation sites (tertiary alicyclic amines) is 2. The van der Waals surface area contributed by atoms with Crippen molar-refractivity contribution >= 4 is 5.91 Å². The first-order chi connectivity index (χ1) is 8.10. The van der Waals surface area contributed by atoms with Gasteiger partial charge in [0.05, 0.1) is 0 Å². The monoisotopic (exact) mass is 238 g/mol. The number of carbonyl (C=O) groups is 1. The van der Waals surface area contributed by atoms with Crippen LogP contribution in [0.2, 0.25) is 0 Å². The van der Waals surface area contributed by atoms with Crippen molar-refractivity contribution in [2.24, 2.45) is 11.3 Å². The van der Waals surface area contributed by atoms with Gasteiger partial charge in [0, 0.05) is 24.4 Å². The van der Waals surface area contributed by atoms with Crippen molar-refractivity contribution < 1.29 is 4.79 Å². The Morgan fingerprint density at radius 1 is 1.18 bits per heavy atom. The van der Waals surface area contributed by atoms with E-state index in [4.69, 9.17) is 0 Å². The molecular formula is C14H26N2O. The van der Waals surface area contributed by atoms with Gasteiger partial charge in [-0.25, -0.2) is 0 Å². The number of piperidine rings is 1. The second kappa shape index (κ2) is 4.97. The van der Waals surface area contributed by atoms with Crippen molar-refractivity contribution in [2.75, 3.05) is 33.2 Å². The Labute approximate surface area is 105 Å². The highest BCUT2D eigenvalue weighted by atomic mass is 16.2. The summed E-state index contributed by atoms with van der Waals surface area (Å²) in [5, 5.41) is 0. The molecule has 2 heterocycles. The van der Waals surface area contributed by atoms with Gasteiger partial charge < -0.3 is 9.80 Å². The fourth-order valence-corrected chi connectivity index (χ4v) is 3.22. The third kappa shape index (κ3) is 2.49. The maximum absolute atomic E-state index is 12.2. The third-order valence-corrected chi connectivity index (χ3v) is 4.75. The van der Waals surface area contributed by atoms with E-state index >= 15 is 0 Å². The molecule has 3 heteroatoms. The molecule has 2 rings (SSSR count). The summed E-state index contributed by atoms with van der Waals surface area (Å²) in [5.74, 6) is 0.665. The van der Waals surface area contributed by atoms with Crippen LogP contribution in [0, 0.1) is 11.3 Å². The summed E-state index contributed by atoms with van der Waals surface area (Å²) in [4.78, 5) is 16.7. The molecule has 2 saturated heterocycles. The Hall–Kier alpha value is -0.570. The predicted octanol–water partition coefficient (Wildman–Crippen LogP) is 1.98. The van der Waals surface area contributed by atoms with E-state index in [2.05, 4.69) is 30.7 Å². The van der Waals surface area contributed by atoms with E-state index in [1.807, 2.05) is 0 Å². The van der Waals surface area contributed by atoms with E-state index in [-0.39, 0.29) is 5.92 Å². The van der Waals surface area contributed by atoms with Crippen LogP contribution in [-0.2, 0) is 4.79 Å². The van der Waals surface area contributed by atoms with E-state index in [9.17, 15) is 4.79 Å². The molecule has 0 aromatic carbocycles. The topological polar surface area (TPSA) is 23.6 Å². The van der Waals surface area contributed by atoms with Crippen LogP contribution < -0.4 is 0 Å². The van der Waals surface area contributed by atoms with Gasteiger partial charge >= 0.3 is 0 Å². The van der Waals surface area contributed by atoms with E-state index < -0.39 is 0 Å². The molecule has 0 aliphatic carbocycles. The lowest BCUT2D eigenvalue weighted by molar-refractivity contribution is -0.151. The van der Waals surface area contributed by atoms with Crippen LogP contribution in [0.3, 0.4) is 0 Å². The molecule has 0 radical (unpaired) electrons. The Morgan fingerprint density at radius 3 is 2.18 bits per heavy atom. The normalized spacial score (nSPS) is 24.1. The van der Waals surface area contributed by atoms with Crippen molar-refractivity contribution in [3.63, 3.8) is 0 Å². The zero-order chi connectivity index (χ0) is 12.5. The molecule has 2 aliphatic rings. The molecule has 0 atom stereocenters. The smallest absolute Gasteiger partial charge is 0.225 e. The molecule has 98 valence electrons. The van der Waals surface area contributed by atoms with Gasteiger partial charge in [0.25, 0.3) is 0 Å². The highest BCUT2D eigenvalue weighted by Gasteiger charge is 2.46. The SMILES string of the molecule is CCC(CC)C(=O)N1CC2(CCN(C)CC2)C1. The fraction of sp³-hybridized carbons (Fsp3) is 0.929. The van der Waals surface area contributed by atoms with Crippen molar-refractivity contribution in [3.8, 4) is 0 Å². The summed E-state index contributed by atoms with van der Waals surface area (Å²) in [6.45, 7) is 8.70. The highest BCUT2D eigenvalue weighted by Crippen LogP contribution is 2.40. The lowest BCUT2D eigenvalue weighted by Crippen LogP contribution is -2.62. The zero-order valence-electron chi connectivity index (χ0n) is 11.5. The predicted molar refractivity (Wildman–Crippen MR) is 69.8 cm³/mol. The summed E-state index contributed by atoms with van der Waals surface area (Å²) >= 11 is 0. The molecule has 17 heavy (non-hydrogen) atoms. The Kier molecular flexibility index (Phi) is 3.76. The summed E-state index contributed by atoms with van der Waals surface area (Å²) in [6, 6.07) is 0. The molecule has 0 unspecified atom stereocenters. The van der Waals surface area contributed by atoms with Gasteiger partial charge in [-0.05, 0) is 45.8 Å². The summed E-state index contributed by atoms with van der Waals surface area (Å²) in [7, 11) is 2.19. The fourth-order valence-electron chi connectivity index (χ4n) is 3.22. The molecule has 0 saturated carbocycles. The van der Waals surface area contributed by atoms with E-state index in [0.29, 0.717) is 11.3 Å². The van der Waals surface area contributed by atoms with Crippen LogP contribution in [0.1, 0.15) is 39.5 Å². The highest BCUT2D eigenvalue weighted by molar-refractivity contribution is 5.79. The lowest BCUT2D eigenvalue weighted by Gasteiger charge is -2.54. The van der Waals surface area contributed by atoms with Crippen molar-refractivity contribution in [1.29, 1.82) is 0 Å². The van der Waals surface area contributed by atoms with Gasteiger partial charge in [-0.15, -0.1) is 0 Å². The number of rotatable bonds is 3. The van der Waals surface area contributed by atoms with Gasteiger partial charge in [0.15, 0.2) is 0 Å². The standard InChI is InChI=1S/C14H26N2O/c1-4-12(5-2)13(17)16-10-14(11-16)6-8-15(3)9-7-14/h12H,4-11H2,1-3H3. The van der Waals surface area contributed by atoms with Gasteiger partial charge in [-0.2, -0.15) is 0 Å². The van der Waals surface area contributed by atoms with Gasteiger partial charge in [-0.1, -0.05) is 13.8 Å². The number of hydrogen-bond acceptors (Lipinski definition) is 2. The molecule has 1 amide bonds. The third-order valence-electron chi connectivity index (χ3n) is 4.75. The lowest BCUT2D eigenvalue weighted by atomic mass is 9.71. The van der Waals surface area contributed by atoms with E-state index in [0.717, 1.165) is 25.9 Å². The van der Waals surface area contributed by atoms with Gasteiger partial charge in [0.1, 0.15) is 0 Å². The summed E-state index contributed by atoms with van der Waals surface area (Å²) in [5.41, 5.74) is 0.480. The van der Waals surface area contributed by atoms with Crippen LogP contribution in [0.5, 0.6) is 0 Å². The van der Waals surface area contributed by atoms with Gasteiger partial charge in [-0.3, -0.25) is 4.79 Å². The van der Waals surface area contributed by atoms with Crippen LogP contribution in [0.15, 0.2) is 0 Å². The van der Waals surface area contributed by atoms with E-state index in [1.165, 1.54) is 25.9 Å². The quantitative estimate of drug-likeness (QED) is 0.750. The van der Waals surface area contributed by atoms with E-state index in [1.54, 1.807) is 0 Å². The van der Waals surface area contributed by atoms with Crippen LogP contribution in [-0.4, -0.2) is 48.9 Å². The summed E-state index contributed by atoms with van der Waals surface area (Å²) in [6.07, 6.45) is 4.52. The zero-order valence-corrected chi connectivity index (χ0v) is 11.5. The molecule has 0 bridgehead atoms. The average molecular weight is 238 g/mol. The average Bonchev–Trinajstić information content (AvgIpc) is 2.29. The van der Waals surface area contributed by atoms with Crippen molar-refractivity contribution in [1.82, 2.24) is 9.80 Å². The minimum absolute atomic E-state index is 0.263. The summed E-state index contributed by atoms with van der Waals surface area (Å²) < 4.78 is 0. The Bertz CT molecular complexity index is 270. The Balaban J connectivity index is 1.84. The van der Waals surface area contributed by atoms with Crippen LogP contribution in [0.4, 0.5) is 0 Å². The number of hydrogen-bond donors (Lipinski definition) is 0. The molecule has 0 N–H and O–H groups in total. The van der Waals surface area contributed by atoms with Gasteiger partial charge in [0.2, 0.25) is 5.91 Å². The second-order valence-corrected chi connectivity index (χ2v) is 6.01. The number of carbonyl (C=O) groups excluding carboxylic acids is 1. The molecule has 2 aliphatic heterocycles. The first-order valence-corrected chi connectivity index (χ1v) is 7.07. The van der Waals surface area contributed by atoms with Crippen molar-refractivity contribution in [2.45, 2.75) is 39.5 Å². The molecule has 3 nitrogen and oxygen atoms in total. The van der Waals surface area contributed by atoms with Crippen LogP contribution >= 0.6 is 0 Å². The molecule has 1 spiro atoms.